The third-order valence-electron chi connectivity index (χ3n) is 5.62. The number of carbonyl (C=O) groups excluding carboxylic acids is 3. The molecule has 0 heterocycles. The van der Waals surface area contributed by atoms with E-state index in [1.54, 1.807) is 24.3 Å². The topological polar surface area (TPSA) is 60.4 Å². The second-order valence-corrected chi connectivity index (χ2v) is 8.25. The first-order valence-electron chi connectivity index (χ1n) is 11.8. The van der Waals surface area contributed by atoms with Gasteiger partial charge in [0, 0.05) is 12.0 Å². The lowest BCUT2D eigenvalue weighted by atomic mass is 9.93. The first kappa shape index (κ1) is 26.1. The van der Waals surface area contributed by atoms with Gasteiger partial charge in [0.05, 0.1) is 19.4 Å². The third-order valence-corrected chi connectivity index (χ3v) is 5.62. The van der Waals surface area contributed by atoms with Gasteiger partial charge in [-0.2, -0.15) is 0 Å². The molecule has 0 spiro atoms. The van der Waals surface area contributed by atoms with Crippen molar-refractivity contribution in [3.05, 3.63) is 35.9 Å². The second kappa shape index (κ2) is 16.8. The highest BCUT2D eigenvalue weighted by Gasteiger charge is 2.23. The van der Waals surface area contributed by atoms with Gasteiger partial charge < -0.3 is 4.74 Å². The van der Waals surface area contributed by atoms with Crippen LogP contribution < -0.4 is 0 Å². The lowest BCUT2D eigenvalue weighted by molar-refractivity contribution is -0.147. The van der Waals surface area contributed by atoms with Crippen LogP contribution in [-0.4, -0.2) is 24.6 Å². The summed E-state index contributed by atoms with van der Waals surface area (Å²) in [6.07, 6.45) is 14.3. The molecule has 0 saturated carbocycles. The molecule has 0 saturated heterocycles. The normalized spacial score (nSPS) is 11.8. The summed E-state index contributed by atoms with van der Waals surface area (Å²) in [6.45, 7) is 2.24. The van der Waals surface area contributed by atoms with Gasteiger partial charge in [-0.3, -0.25) is 14.4 Å². The van der Waals surface area contributed by atoms with Gasteiger partial charge >= 0.3 is 5.97 Å². The fourth-order valence-electron chi connectivity index (χ4n) is 3.78. The van der Waals surface area contributed by atoms with E-state index in [0.717, 1.165) is 12.8 Å². The van der Waals surface area contributed by atoms with E-state index in [9.17, 15) is 14.4 Å². The Morgan fingerprint density at radius 1 is 0.800 bits per heavy atom. The summed E-state index contributed by atoms with van der Waals surface area (Å²) in [6, 6.07) is 8.81. The molecule has 168 valence electrons. The summed E-state index contributed by atoms with van der Waals surface area (Å²) >= 11 is 0. The largest absolute Gasteiger partial charge is 0.469 e. The van der Waals surface area contributed by atoms with Crippen LogP contribution in [0.2, 0.25) is 0 Å². The van der Waals surface area contributed by atoms with E-state index in [1.807, 2.05) is 6.07 Å². The smallest absolute Gasteiger partial charge is 0.309 e. The van der Waals surface area contributed by atoms with Crippen molar-refractivity contribution < 1.29 is 19.1 Å². The molecule has 0 aliphatic carbocycles. The maximum absolute atomic E-state index is 12.3. The van der Waals surface area contributed by atoms with E-state index >= 15 is 0 Å². The standard InChI is InChI=1S/C26H40O4/c1-3-4-5-6-7-8-9-10-11-12-14-19-23(26(29)30-2)20-24(27)21-25(28)22-17-15-13-16-18-22/h13,15-18,23H,3-12,14,19-21H2,1-2H3. The van der Waals surface area contributed by atoms with Crippen LogP contribution in [0.5, 0.6) is 0 Å². The van der Waals surface area contributed by atoms with E-state index in [-0.39, 0.29) is 30.4 Å². The van der Waals surface area contributed by atoms with Crippen LogP contribution in [0.25, 0.3) is 0 Å². The van der Waals surface area contributed by atoms with Crippen molar-refractivity contribution in [1.82, 2.24) is 0 Å². The van der Waals surface area contributed by atoms with Gasteiger partial charge in [0.15, 0.2) is 5.78 Å². The van der Waals surface area contributed by atoms with Crippen LogP contribution in [0.15, 0.2) is 30.3 Å². The molecule has 0 radical (unpaired) electrons. The Morgan fingerprint density at radius 2 is 1.33 bits per heavy atom. The molecule has 1 rings (SSSR count). The lowest BCUT2D eigenvalue weighted by Gasteiger charge is -2.13. The molecule has 0 amide bonds. The molecule has 0 aliphatic heterocycles. The SMILES string of the molecule is CCCCCCCCCCCCCC(CC(=O)CC(=O)c1ccccc1)C(=O)OC. The Hall–Kier alpha value is -1.97. The van der Waals surface area contributed by atoms with Crippen molar-refractivity contribution in [3.8, 4) is 0 Å². The number of Topliss-reactive ketones (excluding diaryl/α,β-unsaturated/α-hetero) is 2. The third kappa shape index (κ3) is 11.9. The van der Waals surface area contributed by atoms with E-state index in [1.165, 1.54) is 64.9 Å². The zero-order valence-electron chi connectivity index (χ0n) is 19.0. The molecule has 4 heteroatoms. The van der Waals surface area contributed by atoms with Crippen molar-refractivity contribution in [2.45, 2.75) is 96.8 Å². The van der Waals surface area contributed by atoms with Crippen LogP contribution in [-0.2, 0) is 14.3 Å². The molecular weight excluding hydrogens is 376 g/mol. The lowest BCUT2D eigenvalue weighted by Crippen LogP contribution is -2.21. The first-order valence-corrected chi connectivity index (χ1v) is 11.8. The molecule has 1 aromatic carbocycles. The number of carbonyl (C=O) groups is 3. The highest BCUT2D eigenvalue weighted by Crippen LogP contribution is 2.19. The number of hydrogen-bond acceptors (Lipinski definition) is 4. The fourth-order valence-corrected chi connectivity index (χ4v) is 3.78. The molecule has 30 heavy (non-hydrogen) atoms. The summed E-state index contributed by atoms with van der Waals surface area (Å²) in [5, 5.41) is 0. The molecule has 0 fully saturated rings. The van der Waals surface area contributed by atoms with E-state index in [4.69, 9.17) is 4.74 Å². The van der Waals surface area contributed by atoms with Crippen molar-refractivity contribution >= 4 is 17.5 Å². The molecule has 1 unspecified atom stereocenters. The van der Waals surface area contributed by atoms with Gasteiger partial charge in [0.2, 0.25) is 0 Å². The molecule has 4 nitrogen and oxygen atoms in total. The zero-order valence-corrected chi connectivity index (χ0v) is 19.0. The van der Waals surface area contributed by atoms with Gasteiger partial charge in [-0.1, -0.05) is 108 Å². The average molecular weight is 417 g/mol. The minimum absolute atomic E-state index is 0.0863. The minimum Gasteiger partial charge on any atom is -0.469 e. The molecule has 0 bridgehead atoms. The summed E-state index contributed by atoms with van der Waals surface area (Å²) in [5.74, 6) is -1.17. The summed E-state index contributed by atoms with van der Waals surface area (Å²) in [5.41, 5.74) is 0.533. The number of unbranched alkanes of at least 4 members (excludes halogenated alkanes) is 10. The number of benzene rings is 1. The number of esters is 1. The Bertz CT molecular complexity index is 609. The number of ketones is 2. The summed E-state index contributed by atoms with van der Waals surface area (Å²) in [7, 11) is 1.36. The Balaban J connectivity index is 2.23. The van der Waals surface area contributed by atoms with Crippen LogP contribution in [0.3, 0.4) is 0 Å². The monoisotopic (exact) mass is 416 g/mol. The second-order valence-electron chi connectivity index (χ2n) is 8.25. The Morgan fingerprint density at radius 3 is 1.87 bits per heavy atom. The highest BCUT2D eigenvalue weighted by atomic mass is 16.5. The van der Waals surface area contributed by atoms with Gasteiger partial charge in [0.1, 0.15) is 5.78 Å². The fraction of sp³-hybridized carbons (Fsp3) is 0.654. The van der Waals surface area contributed by atoms with Crippen LogP contribution in [0.1, 0.15) is 107 Å². The molecular formula is C26H40O4. The van der Waals surface area contributed by atoms with Gasteiger partial charge in [-0.15, -0.1) is 0 Å². The van der Waals surface area contributed by atoms with Crippen LogP contribution in [0.4, 0.5) is 0 Å². The van der Waals surface area contributed by atoms with E-state index < -0.39 is 5.92 Å². The first-order chi connectivity index (χ1) is 14.6. The van der Waals surface area contributed by atoms with Crippen molar-refractivity contribution in [2.24, 2.45) is 5.92 Å². The number of ether oxygens (including phenoxy) is 1. The average Bonchev–Trinajstić information content (AvgIpc) is 2.76. The zero-order chi connectivity index (χ0) is 22.0. The predicted molar refractivity (Wildman–Crippen MR) is 122 cm³/mol. The van der Waals surface area contributed by atoms with E-state index in [2.05, 4.69) is 6.92 Å². The van der Waals surface area contributed by atoms with Gasteiger partial charge in [-0.25, -0.2) is 0 Å². The highest BCUT2D eigenvalue weighted by molar-refractivity contribution is 6.08. The number of methoxy groups -OCH3 is 1. The molecule has 0 aromatic heterocycles. The maximum atomic E-state index is 12.3. The number of hydrogen-bond donors (Lipinski definition) is 0. The molecule has 0 aliphatic rings. The quantitative estimate of drug-likeness (QED) is 0.115. The minimum atomic E-state index is -0.440. The summed E-state index contributed by atoms with van der Waals surface area (Å²) in [4.78, 5) is 36.6. The van der Waals surface area contributed by atoms with Crippen molar-refractivity contribution in [3.63, 3.8) is 0 Å². The van der Waals surface area contributed by atoms with Crippen molar-refractivity contribution in [1.29, 1.82) is 0 Å². The van der Waals surface area contributed by atoms with E-state index in [0.29, 0.717) is 12.0 Å². The van der Waals surface area contributed by atoms with Crippen LogP contribution >= 0.6 is 0 Å². The van der Waals surface area contributed by atoms with Gasteiger partial charge in [0.25, 0.3) is 0 Å². The molecule has 1 atom stereocenters. The summed E-state index contributed by atoms with van der Waals surface area (Å²) < 4.78 is 4.88. The van der Waals surface area contributed by atoms with Gasteiger partial charge in [-0.05, 0) is 6.42 Å². The molecule has 1 aromatic rings. The predicted octanol–water partition coefficient (Wildman–Crippen LogP) is 6.71. The maximum Gasteiger partial charge on any atom is 0.309 e. The number of rotatable bonds is 18. The van der Waals surface area contributed by atoms with Crippen molar-refractivity contribution in [2.75, 3.05) is 7.11 Å². The Kier molecular flexibility index (Phi) is 14.6. The Labute approximate surface area is 182 Å². The molecule has 0 N–H and O–H groups in total. The van der Waals surface area contributed by atoms with Crippen LogP contribution in [0, 0.1) is 5.92 Å².